The fourth-order valence-corrected chi connectivity index (χ4v) is 4.60. The van der Waals surface area contributed by atoms with Gasteiger partial charge in [-0.25, -0.2) is 0 Å². The van der Waals surface area contributed by atoms with E-state index in [0.29, 0.717) is 0 Å². The van der Waals surface area contributed by atoms with Crippen molar-refractivity contribution in [1.29, 1.82) is 0 Å². The first-order valence-corrected chi connectivity index (χ1v) is 11.5. The first-order valence-electron chi connectivity index (χ1n) is 11.5. The minimum atomic E-state index is 1.05. The van der Waals surface area contributed by atoms with Crippen molar-refractivity contribution in [3.63, 3.8) is 0 Å². The van der Waals surface area contributed by atoms with Gasteiger partial charge in [0.15, 0.2) is 0 Å². The van der Waals surface area contributed by atoms with Crippen LogP contribution >= 0.6 is 0 Å². The lowest BCUT2D eigenvalue weighted by Gasteiger charge is -2.28. The minimum absolute atomic E-state index is 1.05. The molecule has 0 aliphatic carbocycles. The van der Waals surface area contributed by atoms with E-state index >= 15 is 0 Å². The van der Waals surface area contributed by atoms with Gasteiger partial charge in [-0.3, -0.25) is 0 Å². The lowest BCUT2D eigenvalue weighted by molar-refractivity contribution is 1.29. The average Bonchev–Trinajstić information content (AvgIpc) is 2.91. The highest BCUT2D eigenvalue weighted by atomic mass is 15.2. The summed E-state index contributed by atoms with van der Waals surface area (Å²) in [5.41, 5.74) is 5.45. The molecule has 0 atom stereocenters. The maximum atomic E-state index is 3.61. The molecule has 0 heterocycles. The molecule has 162 valence electrons. The molecule has 2 heteroatoms. The van der Waals surface area contributed by atoms with Gasteiger partial charge in [-0.15, -0.1) is 0 Å². The van der Waals surface area contributed by atoms with Gasteiger partial charge in [0, 0.05) is 17.1 Å². The van der Waals surface area contributed by atoms with Crippen molar-refractivity contribution in [3.8, 4) is 0 Å². The van der Waals surface area contributed by atoms with Crippen LogP contribution in [0.3, 0.4) is 0 Å². The zero-order valence-electron chi connectivity index (χ0n) is 18.7. The molecular weight excluding hydrogens is 412 g/mol. The third kappa shape index (κ3) is 3.76. The van der Waals surface area contributed by atoms with Crippen molar-refractivity contribution in [2.24, 2.45) is 0 Å². The Kier molecular flexibility index (Phi) is 5.17. The third-order valence-electron chi connectivity index (χ3n) is 6.20. The van der Waals surface area contributed by atoms with E-state index < -0.39 is 0 Å². The monoisotopic (exact) mass is 436 g/mol. The molecular formula is C32H24N2. The van der Waals surface area contributed by atoms with E-state index in [4.69, 9.17) is 0 Å². The Bertz CT molecular complexity index is 1570. The van der Waals surface area contributed by atoms with E-state index in [0.717, 1.165) is 28.4 Å². The van der Waals surface area contributed by atoms with Crippen LogP contribution in [-0.4, -0.2) is 0 Å². The van der Waals surface area contributed by atoms with E-state index in [9.17, 15) is 0 Å². The second kappa shape index (κ2) is 8.76. The standard InChI is InChI=1S/C32H24N2/c1-3-12-26(13-4-1)33-31-17-9-10-18-32(31)34(27-14-5-2-6-15-27)28-21-22-30-25(23-28)20-19-24-11-7-8-16-29(24)30/h1-23,33H. The van der Waals surface area contributed by atoms with Gasteiger partial charge in [0.05, 0.1) is 11.4 Å². The molecule has 0 saturated carbocycles. The summed E-state index contributed by atoms with van der Waals surface area (Å²) in [4.78, 5) is 2.32. The summed E-state index contributed by atoms with van der Waals surface area (Å²) in [7, 11) is 0. The van der Waals surface area contributed by atoms with Crippen molar-refractivity contribution in [2.75, 3.05) is 10.2 Å². The molecule has 0 amide bonds. The number of benzene rings is 6. The fraction of sp³-hybridized carbons (Fsp3) is 0. The Labute approximate surface area is 199 Å². The summed E-state index contributed by atoms with van der Waals surface area (Å²) >= 11 is 0. The van der Waals surface area contributed by atoms with E-state index in [1.165, 1.54) is 21.5 Å². The zero-order chi connectivity index (χ0) is 22.7. The van der Waals surface area contributed by atoms with Gasteiger partial charge in [-0.1, -0.05) is 91.0 Å². The summed E-state index contributed by atoms with van der Waals surface area (Å²) in [6.45, 7) is 0. The number of para-hydroxylation sites is 4. The van der Waals surface area contributed by atoms with Crippen LogP contribution in [0, 0.1) is 0 Å². The first-order chi connectivity index (χ1) is 16.9. The predicted molar refractivity (Wildman–Crippen MR) is 146 cm³/mol. The Morgan fingerprint density at radius 1 is 0.441 bits per heavy atom. The molecule has 6 aromatic carbocycles. The van der Waals surface area contributed by atoms with E-state index in [-0.39, 0.29) is 0 Å². The Balaban J connectivity index is 1.52. The highest BCUT2D eigenvalue weighted by Gasteiger charge is 2.16. The highest BCUT2D eigenvalue weighted by Crippen LogP contribution is 2.41. The second-order valence-electron chi connectivity index (χ2n) is 8.37. The molecule has 0 spiro atoms. The van der Waals surface area contributed by atoms with Crippen molar-refractivity contribution >= 4 is 50.0 Å². The van der Waals surface area contributed by atoms with Crippen LogP contribution in [0.25, 0.3) is 21.5 Å². The van der Waals surface area contributed by atoms with Crippen LogP contribution in [0.5, 0.6) is 0 Å². The van der Waals surface area contributed by atoms with E-state index in [2.05, 4.69) is 132 Å². The number of anilines is 5. The van der Waals surface area contributed by atoms with Gasteiger partial charge in [0.25, 0.3) is 0 Å². The molecule has 2 nitrogen and oxygen atoms in total. The molecule has 0 aromatic heterocycles. The molecule has 0 aliphatic rings. The SMILES string of the molecule is c1ccc(Nc2ccccc2N(c2ccccc2)c2ccc3c(ccc4ccccc43)c2)cc1. The van der Waals surface area contributed by atoms with Crippen LogP contribution < -0.4 is 10.2 Å². The van der Waals surface area contributed by atoms with Crippen molar-refractivity contribution in [3.05, 3.63) is 140 Å². The smallest absolute Gasteiger partial charge is 0.0696 e. The number of nitrogens with one attached hydrogen (secondary N) is 1. The molecule has 1 N–H and O–H groups in total. The summed E-state index contributed by atoms with van der Waals surface area (Å²) < 4.78 is 0. The summed E-state index contributed by atoms with van der Waals surface area (Å²) in [5, 5.41) is 8.65. The van der Waals surface area contributed by atoms with Gasteiger partial charge in [0.2, 0.25) is 0 Å². The molecule has 6 rings (SSSR count). The number of nitrogens with zero attached hydrogens (tertiary/aromatic N) is 1. The molecule has 6 aromatic rings. The maximum absolute atomic E-state index is 3.61. The van der Waals surface area contributed by atoms with E-state index in [1.54, 1.807) is 0 Å². The van der Waals surface area contributed by atoms with Gasteiger partial charge in [0.1, 0.15) is 0 Å². The fourth-order valence-electron chi connectivity index (χ4n) is 4.60. The number of rotatable bonds is 5. The van der Waals surface area contributed by atoms with E-state index in [1.807, 2.05) is 18.2 Å². The zero-order valence-corrected chi connectivity index (χ0v) is 18.7. The second-order valence-corrected chi connectivity index (χ2v) is 8.37. The number of fused-ring (bicyclic) bond motifs is 3. The molecule has 0 bridgehead atoms. The predicted octanol–water partition coefficient (Wildman–Crippen LogP) is 9.21. The molecule has 0 fully saturated rings. The Hall–Kier alpha value is -4.56. The lowest BCUT2D eigenvalue weighted by atomic mass is 10.0. The highest BCUT2D eigenvalue weighted by molar-refractivity contribution is 6.08. The normalized spacial score (nSPS) is 10.9. The third-order valence-corrected chi connectivity index (χ3v) is 6.20. The van der Waals surface area contributed by atoms with Crippen LogP contribution in [0.15, 0.2) is 140 Å². The van der Waals surface area contributed by atoms with Crippen molar-refractivity contribution < 1.29 is 0 Å². The lowest BCUT2D eigenvalue weighted by Crippen LogP contribution is -2.11. The van der Waals surface area contributed by atoms with Crippen molar-refractivity contribution in [1.82, 2.24) is 0 Å². The van der Waals surface area contributed by atoms with Crippen LogP contribution in [0.1, 0.15) is 0 Å². The topological polar surface area (TPSA) is 15.3 Å². The molecule has 0 radical (unpaired) electrons. The summed E-state index contributed by atoms with van der Waals surface area (Å²) in [6, 6.07) is 49.1. The average molecular weight is 437 g/mol. The summed E-state index contributed by atoms with van der Waals surface area (Å²) in [5.74, 6) is 0. The Morgan fingerprint density at radius 2 is 1.09 bits per heavy atom. The van der Waals surface area contributed by atoms with Crippen molar-refractivity contribution in [2.45, 2.75) is 0 Å². The van der Waals surface area contributed by atoms with Crippen LogP contribution in [0.4, 0.5) is 28.4 Å². The number of hydrogen-bond donors (Lipinski definition) is 1. The molecule has 34 heavy (non-hydrogen) atoms. The van der Waals surface area contributed by atoms with Gasteiger partial charge in [-0.2, -0.15) is 0 Å². The van der Waals surface area contributed by atoms with Crippen LogP contribution in [-0.2, 0) is 0 Å². The van der Waals surface area contributed by atoms with Gasteiger partial charge >= 0.3 is 0 Å². The first kappa shape index (κ1) is 20.1. The quantitative estimate of drug-likeness (QED) is 0.271. The largest absolute Gasteiger partial charge is 0.354 e. The molecule has 0 unspecified atom stereocenters. The number of hydrogen-bond acceptors (Lipinski definition) is 2. The molecule has 0 saturated heterocycles. The maximum Gasteiger partial charge on any atom is 0.0696 e. The van der Waals surface area contributed by atoms with Gasteiger partial charge in [-0.05, 0) is 70.1 Å². The van der Waals surface area contributed by atoms with Crippen LogP contribution in [0.2, 0.25) is 0 Å². The summed E-state index contributed by atoms with van der Waals surface area (Å²) in [6.07, 6.45) is 0. The minimum Gasteiger partial charge on any atom is -0.354 e. The Morgan fingerprint density at radius 3 is 1.94 bits per heavy atom. The molecule has 0 aliphatic heterocycles. The van der Waals surface area contributed by atoms with Gasteiger partial charge < -0.3 is 10.2 Å².